The summed E-state index contributed by atoms with van der Waals surface area (Å²) in [5.41, 5.74) is -1.08. The van der Waals surface area contributed by atoms with Crippen LogP contribution in [-0.4, -0.2) is 40.3 Å². The van der Waals surface area contributed by atoms with E-state index in [4.69, 9.17) is 9.47 Å². The molecular weight excluding hydrogens is 344 g/mol. The maximum Gasteiger partial charge on any atom is 0.302 e. The molecule has 1 heterocycles. The molecule has 2 saturated carbocycles. The molecule has 0 radical (unpaired) electrons. The number of allylic oxidation sites excluding steroid dienone is 1. The molecule has 8 unspecified atom stereocenters. The third kappa shape index (κ3) is 2.72. The quantitative estimate of drug-likeness (QED) is 0.562. The molecule has 5 nitrogen and oxygen atoms in total. The molecule has 0 bridgehead atoms. The van der Waals surface area contributed by atoms with Crippen LogP contribution < -0.4 is 0 Å². The van der Waals surface area contributed by atoms with E-state index in [1.807, 2.05) is 13.8 Å². The fourth-order valence-electron chi connectivity index (χ4n) is 6.12. The second kappa shape index (κ2) is 5.66. The van der Waals surface area contributed by atoms with Gasteiger partial charge in [-0.1, -0.05) is 26.8 Å². The predicted octanol–water partition coefficient (Wildman–Crippen LogP) is 3.04. The molecular formula is C22H32O5. The zero-order chi connectivity index (χ0) is 19.9. The van der Waals surface area contributed by atoms with E-state index >= 15 is 0 Å². The normalized spacial score (nSPS) is 50.5. The van der Waals surface area contributed by atoms with E-state index in [1.54, 1.807) is 0 Å². The molecule has 27 heavy (non-hydrogen) atoms. The molecule has 0 aromatic heterocycles. The molecule has 0 aromatic rings. The van der Waals surface area contributed by atoms with Crippen LogP contribution in [0, 0.1) is 29.1 Å². The maximum atomic E-state index is 13.4. The van der Waals surface area contributed by atoms with Crippen molar-refractivity contribution in [1.29, 1.82) is 0 Å². The van der Waals surface area contributed by atoms with Gasteiger partial charge in [-0.2, -0.15) is 0 Å². The smallest absolute Gasteiger partial charge is 0.302 e. The lowest BCUT2D eigenvalue weighted by Crippen LogP contribution is -2.49. The average Bonchev–Trinajstić information content (AvgIpc) is 3.32. The van der Waals surface area contributed by atoms with Crippen LogP contribution >= 0.6 is 0 Å². The number of esters is 1. The lowest BCUT2D eigenvalue weighted by molar-refractivity contribution is -0.156. The summed E-state index contributed by atoms with van der Waals surface area (Å²) in [4.78, 5) is 25.1. The highest BCUT2D eigenvalue weighted by atomic mass is 16.6. The Morgan fingerprint density at radius 3 is 2.63 bits per heavy atom. The molecule has 5 heteroatoms. The van der Waals surface area contributed by atoms with Crippen molar-refractivity contribution >= 4 is 11.8 Å². The summed E-state index contributed by atoms with van der Waals surface area (Å²) in [6, 6.07) is 0. The summed E-state index contributed by atoms with van der Waals surface area (Å²) < 4.78 is 11.7. The van der Waals surface area contributed by atoms with Crippen LogP contribution in [0.5, 0.6) is 0 Å². The molecule has 8 atom stereocenters. The Kier molecular flexibility index (Phi) is 4.01. The van der Waals surface area contributed by atoms with E-state index in [-0.39, 0.29) is 34.8 Å². The molecule has 150 valence electrons. The van der Waals surface area contributed by atoms with Crippen molar-refractivity contribution in [3.63, 3.8) is 0 Å². The number of aliphatic hydroxyl groups is 1. The fourth-order valence-corrected chi connectivity index (χ4v) is 6.12. The van der Waals surface area contributed by atoms with E-state index < -0.39 is 17.6 Å². The number of ketones is 1. The third-order valence-electron chi connectivity index (χ3n) is 7.94. The molecule has 4 aliphatic rings. The average molecular weight is 376 g/mol. The topological polar surface area (TPSA) is 76.1 Å². The van der Waals surface area contributed by atoms with Crippen molar-refractivity contribution in [3.05, 3.63) is 11.6 Å². The van der Waals surface area contributed by atoms with Gasteiger partial charge in [-0.3, -0.25) is 9.59 Å². The molecule has 1 N–H and O–H groups in total. The highest BCUT2D eigenvalue weighted by Gasteiger charge is 2.70. The number of fused-ring (bicyclic) bond motifs is 4. The first-order valence-corrected chi connectivity index (χ1v) is 10.2. The minimum absolute atomic E-state index is 0.0952. The van der Waals surface area contributed by atoms with Crippen LogP contribution in [0.4, 0.5) is 0 Å². The van der Waals surface area contributed by atoms with Gasteiger partial charge in [0.15, 0.2) is 5.78 Å². The molecule has 0 spiro atoms. The lowest BCUT2D eigenvalue weighted by Gasteiger charge is -2.31. The summed E-state index contributed by atoms with van der Waals surface area (Å²) in [6.07, 6.45) is 3.56. The third-order valence-corrected chi connectivity index (χ3v) is 7.94. The van der Waals surface area contributed by atoms with Crippen LogP contribution in [0.1, 0.15) is 60.8 Å². The number of epoxide rings is 1. The van der Waals surface area contributed by atoms with Crippen molar-refractivity contribution in [3.8, 4) is 0 Å². The van der Waals surface area contributed by atoms with Crippen LogP contribution in [-0.2, 0) is 19.1 Å². The molecule has 4 rings (SSSR count). The van der Waals surface area contributed by atoms with Crippen molar-refractivity contribution in [2.45, 2.75) is 84.2 Å². The molecule has 0 aromatic carbocycles. The molecule has 1 aliphatic heterocycles. The van der Waals surface area contributed by atoms with Crippen molar-refractivity contribution in [2.75, 3.05) is 0 Å². The number of carbonyl (C=O) groups excluding carboxylic acids is 2. The first kappa shape index (κ1) is 19.1. The number of rotatable bonds is 1. The van der Waals surface area contributed by atoms with E-state index in [9.17, 15) is 14.7 Å². The van der Waals surface area contributed by atoms with Gasteiger partial charge < -0.3 is 14.6 Å². The fraction of sp³-hybridized carbons (Fsp3) is 0.818. The van der Waals surface area contributed by atoms with Crippen LogP contribution in [0.15, 0.2) is 11.6 Å². The highest BCUT2D eigenvalue weighted by molar-refractivity contribution is 6.02. The van der Waals surface area contributed by atoms with Gasteiger partial charge in [0, 0.05) is 6.92 Å². The number of Topliss-reactive ketones (excluding diaryl/α,β-unsaturated/α-hetero) is 1. The SMILES string of the molecule is CC(=O)OC1C(C)CC2(O)C(=O)C(C)=CC3C(CCC4(C)OC4C12)C3(C)C. The lowest BCUT2D eigenvalue weighted by atomic mass is 9.77. The van der Waals surface area contributed by atoms with E-state index in [1.165, 1.54) is 6.92 Å². The number of hydrogen-bond donors (Lipinski definition) is 1. The van der Waals surface area contributed by atoms with Gasteiger partial charge in [-0.25, -0.2) is 0 Å². The summed E-state index contributed by atoms with van der Waals surface area (Å²) in [6.45, 7) is 11.7. The second-order valence-corrected chi connectivity index (χ2v) is 10.2. The van der Waals surface area contributed by atoms with E-state index in [0.29, 0.717) is 23.8 Å². The van der Waals surface area contributed by atoms with Gasteiger partial charge in [-0.15, -0.1) is 0 Å². The van der Waals surface area contributed by atoms with E-state index in [2.05, 4.69) is 26.8 Å². The zero-order valence-electron chi connectivity index (χ0n) is 17.2. The summed E-state index contributed by atoms with van der Waals surface area (Å²) in [7, 11) is 0. The largest absolute Gasteiger partial charge is 0.462 e. The van der Waals surface area contributed by atoms with Crippen LogP contribution in [0.2, 0.25) is 0 Å². The molecule has 0 amide bonds. The maximum absolute atomic E-state index is 13.4. The Morgan fingerprint density at radius 1 is 1.33 bits per heavy atom. The summed E-state index contributed by atoms with van der Waals surface area (Å²) in [5.74, 6) is -0.310. The number of ether oxygens (including phenoxy) is 2. The molecule has 1 saturated heterocycles. The van der Waals surface area contributed by atoms with Crippen molar-refractivity contribution in [1.82, 2.24) is 0 Å². The molecule has 3 fully saturated rings. The van der Waals surface area contributed by atoms with Gasteiger partial charge in [0.2, 0.25) is 0 Å². The number of carbonyl (C=O) groups is 2. The van der Waals surface area contributed by atoms with Crippen molar-refractivity contribution < 1.29 is 24.2 Å². The Balaban J connectivity index is 1.75. The first-order valence-electron chi connectivity index (χ1n) is 10.2. The highest BCUT2D eigenvalue weighted by Crippen LogP contribution is 2.64. The molecule has 3 aliphatic carbocycles. The van der Waals surface area contributed by atoms with Gasteiger partial charge in [0.25, 0.3) is 0 Å². The number of hydrogen-bond acceptors (Lipinski definition) is 5. The van der Waals surface area contributed by atoms with Gasteiger partial charge in [0.1, 0.15) is 11.7 Å². The Hall–Kier alpha value is -1.20. The minimum atomic E-state index is -1.54. The standard InChI is InChI=1S/C22H32O5/c1-11-9-15-14(20(15,4)5)7-8-21(6)19(27-21)16-17(26-13(3)23)12(2)10-22(16,25)18(11)24/h9,12,14-17,19,25H,7-8,10H2,1-6H3. The summed E-state index contributed by atoms with van der Waals surface area (Å²) >= 11 is 0. The van der Waals surface area contributed by atoms with Gasteiger partial charge in [-0.05, 0) is 61.9 Å². The van der Waals surface area contributed by atoms with Crippen LogP contribution in [0.3, 0.4) is 0 Å². The Morgan fingerprint density at radius 2 is 2.00 bits per heavy atom. The minimum Gasteiger partial charge on any atom is -0.462 e. The van der Waals surface area contributed by atoms with E-state index in [0.717, 1.165) is 12.8 Å². The summed E-state index contributed by atoms with van der Waals surface area (Å²) in [5, 5.41) is 11.6. The Bertz CT molecular complexity index is 724. The monoisotopic (exact) mass is 376 g/mol. The van der Waals surface area contributed by atoms with Crippen molar-refractivity contribution in [2.24, 2.45) is 29.1 Å². The zero-order valence-corrected chi connectivity index (χ0v) is 17.2. The predicted molar refractivity (Wildman–Crippen MR) is 99.8 cm³/mol. The second-order valence-electron chi connectivity index (χ2n) is 10.2. The van der Waals surface area contributed by atoms with Gasteiger partial charge in [0.05, 0.1) is 17.6 Å². The van der Waals surface area contributed by atoms with Crippen LogP contribution in [0.25, 0.3) is 0 Å². The Labute approximate surface area is 161 Å². The van der Waals surface area contributed by atoms with Gasteiger partial charge >= 0.3 is 5.97 Å². The first-order chi connectivity index (χ1) is 12.4.